The Balaban J connectivity index is 1.93. The Morgan fingerprint density at radius 1 is 1.00 bits per heavy atom. The first-order chi connectivity index (χ1) is 8.95. The fourth-order valence-electron chi connectivity index (χ4n) is 1.94. The monoisotopic (exact) mass is 326 g/mol. The molecular weight excluding hydrogens is 312 g/mol. The summed E-state index contributed by atoms with van der Waals surface area (Å²) in [6, 6.07) is 8.80. The van der Waals surface area contributed by atoms with Gasteiger partial charge in [0.2, 0.25) is 0 Å². The van der Waals surface area contributed by atoms with Crippen molar-refractivity contribution >= 4 is 55.0 Å². The Morgan fingerprint density at radius 3 is 2.42 bits per heavy atom. The summed E-state index contributed by atoms with van der Waals surface area (Å²) in [5, 5.41) is 2.13. The van der Waals surface area contributed by atoms with Gasteiger partial charge in [0.25, 0.3) is 0 Å². The fourth-order valence-corrected chi connectivity index (χ4v) is 5.60. The van der Waals surface area contributed by atoms with Gasteiger partial charge in [-0.3, -0.25) is 0 Å². The first-order valence-electron chi connectivity index (χ1n) is 6.16. The molecule has 0 aliphatic carbocycles. The van der Waals surface area contributed by atoms with Crippen LogP contribution in [0.1, 0.15) is 40.8 Å². The van der Waals surface area contributed by atoms with Crippen LogP contribution in [0.2, 0.25) is 0 Å². The summed E-state index contributed by atoms with van der Waals surface area (Å²) in [4.78, 5) is 3.90. The molecule has 3 aromatic rings. The van der Waals surface area contributed by atoms with Gasteiger partial charge in [-0.1, -0.05) is 20.8 Å². The molecule has 4 heteroatoms. The molecule has 0 fully saturated rings. The van der Waals surface area contributed by atoms with Crippen molar-refractivity contribution < 1.29 is 0 Å². The lowest BCUT2D eigenvalue weighted by Crippen LogP contribution is -2.07. The molecule has 0 spiro atoms. The highest BCUT2D eigenvalue weighted by molar-refractivity contribution is 7.27. The molecule has 100 valence electrons. The summed E-state index contributed by atoms with van der Waals surface area (Å²) in [6.07, 6.45) is 0. The van der Waals surface area contributed by atoms with E-state index in [0.29, 0.717) is 0 Å². The summed E-state index contributed by atoms with van der Waals surface area (Å²) in [7, 11) is 0. The van der Waals surface area contributed by atoms with Gasteiger partial charge in [-0.15, -0.1) is 45.6 Å². The summed E-state index contributed by atoms with van der Waals surface area (Å²) in [6.45, 7) is 6.73. The van der Waals surface area contributed by atoms with Gasteiger partial charge in [0.1, 0.15) is 5.38 Å². The van der Waals surface area contributed by atoms with E-state index in [0.717, 1.165) is 0 Å². The lowest BCUT2D eigenvalue weighted by molar-refractivity contribution is 0.604. The molecule has 0 radical (unpaired) electrons. The van der Waals surface area contributed by atoms with Crippen molar-refractivity contribution in [2.75, 3.05) is 0 Å². The molecule has 0 saturated heterocycles. The van der Waals surface area contributed by atoms with Crippen molar-refractivity contribution in [3.05, 3.63) is 44.3 Å². The van der Waals surface area contributed by atoms with Gasteiger partial charge in [-0.05, 0) is 35.1 Å². The van der Waals surface area contributed by atoms with Crippen molar-refractivity contribution in [1.29, 1.82) is 0 Å². The SMILES string of the molecule is CC(C)(C)c1ccc(C(Cl)c2cc3sccc3s2)s1. The standard InChI is InChI=1S/C15H15ClS3/c1-15(2,3)13-5-4-10(19-13)14(16)12-8-11-9(18-12)6-7-17-11/h4-8,14H,1-3H3. The predicted molar refractivity (Wildman–Crippen MR) is 90.4 cm³/mol. The lowest BCUT2D eigenvalue weighted by Gasteiger charge is -2.15. The average molecular weight is 327 g/mol. The van der Waals surface area contributed by atoms with E-state index in [1.807, 2.05) is 22.7 Å². The number of hydrogen-bond acceptors (Lipinski definition) is 3. The molecule has 0 nitrogen and oxygen atoms in total. The quantitative estimate of drug-likeness (QED) is 0.462. The van der Waals surface area contributed by atoms with E-state index in [1.54, 1.807) is 11.3 Å². The molecule has 3 rings (SSSR count). The molecule has 1 atom stereocenters. The molecule has 0 N–H and O–H groups in total. The zero-order chi connectivity index (χ0) is 13.6. The molecule has 19 heavy (non-hydrogen) atoms. The minimum atomic E-state index is -0.00861. The minimum Gasteiger partial charge on any atom is -0.143 e. The Kier molecular flexibility index (Phi) is 3.50. The third kappa shape index (κ3) is 2.62. The predicted octanol–water partition coefficient (Wildman–Crippen LogP) is 6.65. The highest BCUT2D eigenvalue weighted by atomic mass is 35.5. The van der Waals surface area contributed by atoms with Gasteiger partial charge in [0.15, 0.2) is 0 Å². The van der Waals surface area contributed by atoms with Gasteiger partial charge in [0, 0.05) is 24.0 Å². The van der Waals surface area contributed by atoms with Crippen LogP contribution in [-0.4, -0.2) is 0 Å². The zero-order valence-corrected chi connectivity index (χ0v) is 14.3. The highest BCUT2D eigenvalue weighted by Gasteiger charge is 2.21. The summed E-state index contributed by atoms with van der Waals surface area (Å²) < 4.78 is 2.69. The van der Waals surface area contributed by atoms with E-state index in [4.69, 9.17) is 11.6 Å². The average Bonchev–Trinajstić information content (AvgIpc) is 3.01. The maximum Gasteiger partial charge on any atom is 0.102 e. The van der Waals surface area contributed by atoms with E-state index < -0.39 is 0 Å². The van der Waals surface area contributed by atoms with Crippen LogP contribution in [0.25, 0.3) is 9.40 Å². The third-order valence-electron chi connectivity index (χ3n) is 3.02. The molecular formula is C15H15ClS3. The van der Waals surface area contributed by atoms with E-state index in [9.17, 15) is 0 Å². The van der Waals surface area contributed by atoms with Gasteiger partial charge >= 0.3 is 0 Å². The largest absolute Gasteiger partial charge is 0.143 e. The Hall–Kier alpha value is -0.350. The van der Waals surface area contributed by atoms with Crippen LogP contribution in [-0.2, 0) is 5.41 Å². The molecule has 0 saturated carbocycles. The summed E-state index contributed by atoms with van der Waals surface area (Å²) in [5.41, 5.74) is 0.204. The Labute approximate surface area is 130 Å². The van der Waals surface area contributed by atoms with Crippen LogP contribution in [0.5, 0.6) is 0 Å². The topological polar surface area (TPSA) is 0 Å². The first-order valence-corrected chi connectivity index (χ1v) is 9.11. The maximum atomic E-state index is 6.65. The molecule has 0 aliphatic rings. The molecule has 1 unspecified atom stereocenters. The van der Waals surface area contributed by atoms with Crippen molar-refractivity contribution in [3.8, 4) is 0 Å². The second kappa shape index (κ2) is 4.88. The van der Waals surface area contributed by atoms with Gasteiger partial charge in [0.05, 0.1) is 0 Å². The molecule has 3 aromatic heterocycles. The molecule has 3 heterocycles. The van der Waals surface area contributed by atoms with Gasteiger partial charge in [-0.2, -0.15) is 0 Å². The highest BCUT2D eigenvalue weighted by Crippen LogP contribution is 2.42. The number of hydrogen-bond donors (Lipinski definition) is 0. The smallest absolute Gasteiger partial charge is 0.102 e. The van der Waals surface area contributed by atoms with Gasteiger partial charge in [-0.25, -0.2) is 0 Å². The third-order valence-corrected chi connectivity index (χ3v) is 7.49. The Bertz CT molecular complexity index is 668. The molecule has 0 amide bonds. The van der Waals surface area contributed by atoms with E-state index in [-0.39, 0.29) is 10.8 Å². The van der Waals surface area contributed by atoms with Gasteiger partial charge < -0.3 is 0 Å². The van der Waals surface area contributed by atoms with Crippen LogP contribution in [0.3, 0.4) is 0 Å². The normalized spacial score (nSPS) is 14.1. The number of rotatable bonds is 2. The molecule has 0 bridgehead atoms. The van der Waals surface area contributed by atoms with Crippen molar-refractivity contribution in [3.63, 3.8) is 0 Å². The first kappa shape index (κ1) is 13.6. The lowest BCUT2D eigenvalue weighted by atomic mass is 9.95. The molecule has 0 aromatic carbocycles. The van der Waals surface area contributed by atoms with Crippen molar-refractivity contribution in [2.45, 2.75) is 31.6 Å². The van der Waals surface area contributed by atoms with E-state index in [1.165, 1.54) is 24.0 Å². The van der Waals surface area contributed by atoms with Crippen LogP contribution in [0.4, 0.5) is 0 Å². The Morgan fingerprint density at radius 2 is 1.79 bits per heavy atom. The maximum absolute atomic E-state index is 6.65. The van der Waals surface area contributed by atoms with Crippen molar-refractivity contribution in [1.82, 2.24) is 0 Å². The number of alkyl halides is 1. The van der Waals surface area contributed by atoms with Crippen molar-refractivity contribution in [2.24, 2.45) is 0 Å². The number of halogens is 1. The van der Waals surface area contributed by atoms with Crippen LogP contribution < -0.4 is 0 Å². The van der Waals surface area contributed by atoms with E-state index in [2.05, 4.69) is 50.4 Å². The second-order valence-electron chi connectivity index (χ2n) is 5.61. The zero-order valence-electron chi connectivity index (χ0n) is 11.1. The summed E-state index contributed by atoms with van der Waals surface area (Å²) >= 11 is 12.1. The van der Waals surface area contributed by atoms with E-state index >= 15 is 0 Å². The van der Waals surface area contributed by atoms with Crippen LogP contribution >= 0.6 is 45.6 Å². The van der Waals surface area contributed by atoms with Crippen LogP contribution in [0, 0.1) is 0 Å². The number of fused-ring (bicyclic) bond motifs is 1. The fraction of sp³-hybridized carbons (Fsp3) is 0.333. The second-order valence-corrected chi connectivity index (χ2v) is 9.23. The summed E-state index contributed by atoms with van der Waals surface area (Å²) in [5.74, 6) is 0. The minimum absolute atomic E-state index is 0.00861. The number of thiophene rings is 3. The molecule has 0 aliphatic heterocycles. The van der Waals surface area contributed by atoms with Crippen LogP contribution in [0.15, 0.2) is 29.6 Å².